The number of aliphatic hydroxyl groups excluding tert-OH is 1. The van der Waals surface area contributed by atoms with Crippen LogP contribution in [0.4, 0.5) is 0 Å². The van der Waals surface area contributed by atoms with E-state index in [-0.39, 0.29) is 39.5 Å². The van der Waals surface area contributed by atoms with Crippen LogP contribution in [0, 0.1) is 28.6 Å². The SMILES string of the molecule is CCC1=CC[C@H]2C3=CC=C4C[C@@](OC[C@H](O)C(C)C)(O[Si](C)(C)C(C)(C)C)C[C@H](O[Si](C)(C)C(C)(C)C)[C@]4(C)[C@@H]3CC[C@]12C. The third-order valence-electron chi connectivity index (χ3n) is 13.5. The van der Waals surface area contributed by atoms with Crippen molar-refractivity contribution < 1.29 is 18.7 Å². The third kappa shape index (κ3) is 6.23. The summed E-state index contributed by atoms with van der Waals surface area (Å²) >= 11 is 0. The van der Waals surface area contributed by atoms with Crippen LogP contribution < -0.4 is 0 Å². The number of allylic oxidation sites excluding steroid dienone is 5. The summed E-state index contributed by atoms with van der Waals surface area (Å²) < 4.78 is 21.9. The Morgan fingerprint density at radius 3 is 2.11 bits per heavy atom. The van der Waals surface area contributed by atoms with Gasteiger partial charge in [0.05, 0.1) is 18.8 Å². The van der Waals surface area contributed by atoms with E-state index in [1.165, 1.54) is 24.8 Å². The van der Waals surface area contributed by atoms with Gasteiger partial charge in [0.25, 0.3) is 0 Å². The second-order valence-corrected chi connectivity index (χ2v) is 28.1. The van der Waals surface area contributed by atoms with E-state index < -0.39 is 28.5 Å². The lowest BCUT2D eigenvalue weighted by Crippen LogP contribution is -2.63. The fraction of sp³-hybridized carbons (Fsp3) is 0.842. The zero-order valence-corrected chi connectivity index (χ0v) is 33.2. The Morgan fingerprint density at radius 1 is 0.955 bits per heavy atom. The fourth-order valence-electron chi connectivity index (χ4n) is 8.20. The zero-order valence-electron chi connectivity index (χ0n) is 31.2. The number of hydrogen-bond donors (Lipinski definition) is 1. The first-order valence-electron chi connectivity index (χ1n) is 17.7. The molecule has 0 unspecified atom stereocenters. The van der Waals surface area contributed by atoms with E-state index in [9.17, 15) is 5.11 Å². The summed E-state index contributed by atoms with van der Waals surface area (Å²) in [6.07, 6.45) is 13.2. The molecular formula is C38H68O4Si2. The number of hydrogen-bond acceptors (Lipinski definition) is 4. The van der Waals surface area contributed by atoms with E-state index in [0.717, 1.165) is 12.8 Å². The van der Waals surface area contributed by atoms with Crippen molar-refractivity contribution in [2.45, 2.75) is 169 Å². The van der Waals surface area contributed by atoms with Gasteiger partial charge in [0.1, 0.15) is 0 Å². The van der Waals surface area contributed by atoms with Crippen molar-refractivity contribution in [3.8, 4) is 0 Å². The maximum Gasteiger partial charge on any atom is 0.195 e. The Hall–Kier alpha value is -0.506. The highest BCUT2D eigenvalue weighted by atomic mass is 28.4. The Labute approximate surface area is 273 Å². The average Bonchev–Trinajstić information content (AvgIpc) is 3.22. The minimum absolute atomic E-state index is 0.0255. The second kappa shape index (κ2) is 11.9. The number of fused-ring (bicyclic) bond motifs is 5. The van der Waals surface area contributed by atoms with Crippen molar-refractivity contribution in [2.24, 2.45) is 28.6 Å². The van der Waals surface area contributed by atoms with Gasteiger partial charge in [-0.2, -0.15) is 0 Å². The number of rotatable bonds is 9. The predicted octanol–water partition coefficient (Wildman–Crippen LogP) is 10.6. The van der Waals surface area contributed by atoms with Crippen molar-refractivity contribution >= 4 is 16.6 Å². The monoisotopic (exact) mass is 644 g/mol. The average molecular weight is 645 g/mol. The van der Waals surface area contributed by atoms with Crippen LogP contribution in [-0.4, -0.2) is 46.3 Å². The van der Waals surface area contributed by atoms with Gasteiger partial charge in [-0.25, -0.2) is 0 Å². The maximum atomic E-state index is 11.0. The fourth-order valence-corrected chi connectivity index (χ4v) is 11.0. The lowest BCUT2D eigenvalue weighted by atomic mass is 9.49. The highest BCUT2D eigenvalue weighted by molar-refractivity contribution is 6.74. The minimum atomic E-state index is -2.24. The van der Waals surface area contributed by atoms with Crippen LogP contribution >= 0.6 is 0 Å². The van der Waals surface area contributed by atoms with E-state index in [2.05, 4.69) is 121 Å². The van der Waals surface area contributed by atoms with E-state index in [4.69, 9.17) is 13.6 Å². The zero-order chi connectivity index (χ0) is 33.3. The maximum absolute atomic E-state index is 11.0. The summed E-state index contributed by atoms with van der Waals surface area (Å²) in [5.41, 5.74) is 4.91. The van der Waals surface area contributed by atoms with Crippen molar-refractivity contribution in [2.75, 3.05) is 6.61 Å². The van der Waals surface area contributed by atoms with Crippen LogP contribution in [0.25, 0.3) is 0 Å². The Kier molecular flexibility index (Phi) is 9.81. The van der Waals surface area contributed by atoms with Crippen molar-refractivity contribution in [3.63, 3.8) is 0 Å². The molecule has 0 heterocycles. The van der Waals surface area contributed by atoms with Crippen molar-refractivity contribution in [1.82, 2.24) is 0 Å². The molecule has 2 saturated carbocycles. The molecule has 0 amide bonds. The first kappa shape index (κ1) is 36.3. The summed E-state index contributed by atoms with van der Waals surface area (Å²) in [5.74, 6) is 0.354. The van der Waals surface area contributed by atoms with E-state index >= 15 is 0 Å². The van der Waals surface area contributed by atoms with Gasteiger partial charge in [-0.15, -0.1) is 0 Å². The number of aliphatic hydroxyl groups is 1. The van der Waals surface area contributed by atoms with E-state index in [1.54, 1.807) is 11.1 Å². The van der Waals surface area contributed by atoms with Gasteiger partial charge in [-0.3, -0.25) is 0 Å². The molecule has 252 valence electrons. The Balaban J connectivity index is 1.85. The molecule has 4 nitrogen and oxygen atoms in total. The van der Waals surface area contributed by atoms with Crippen LogP contribution in [-0.2, 0) is 13.6 Å². The molecule has 4 aliphatic carbocycles. The van der Waals surface area contributed by atoms with Gasteiger partial charge in [0.2, 0.25) is 0 Å². The predicted molar refractivity (Wildman–Crippen MR) is 191 cm³/mol. The van der Waals surface area contributed by atoms with Crippen LogP contribution in [0.15, 0.2) is 34.9 Å². The molecule has 0 aliphatic heterocycles. The first-order valence-corrected chi connectivity index (χ1v) is 23.6. The molecule has 1 N–H and O–H groups in total. The highest BCUT2D eigenvalue weighted by Crippen LogP contribution is 2.66. The van der Waals surface area contributed by atoms with E-state index in [0.29, 0.717) is 18.3 Å². The van der Waals surface area contributed by atoms with Crippen LogP contribution in [0.2, 0.25) is 36.3 Å². The molecule has 2 fully saturated rings. The summed E-state index contributed by atoms with van der Waals surface area (Å²) in [6.45, 7) is 35.2. The molecule has 0 spiro atoms. The highest BCUT2D eigenvalue weighted by Gasteiger charge is 2.62. The lowest BCUT2D eigenvalue weighted by Gasteiger charge is -2.61. The summed E-state index contributed by atoms with van der Waals surface area (Å²) in [7, 11) is -4.40. The van der Waals surface area contributed by atoms with Gasteiger partial charge in [-0.05, 0) is 85.1 Å². The van der Waals surface area contributed by atoms with Crippen LogP contribution in [0.3, 0.4) is 0 Å². The van der Waals surface area contributed by atoms with Crippen molar-refractivity contribution in [3.05, 3.63) is 34.9 Å². The largest absolute Gasteiger partial charge is 0.413 e. The molecule has 0 bridgehead atoms. The smallest absolute Gasteiger partial charge is 0.195 e. The molecule has 0 saturated heterocycles. The van der Waals surface area contributed by atoms with E-state index in [1.807, 2.05) is 0 Å². The summed E-state index contributed by atoms with van der Waals surface area (Å²) in [4.78, 5) is 0. The summed E-state index contributed by atoms with van der Waals surface area (Å²) in [6, 6.07) is 0. The first-order chi connectivity index (χ1) is 19.9. The van der Waals surface area contributed by atoms with Gasteiger partial charge in [0.15, 0.2) is 22.4 Å². The van der Waals surface area contributed by atoms with Crippen LogP contribution in [0.1, 0.15) is 115 Å². The van der Waals surface area contributed by atoms with Gasteiger partial charge >= 0.3 is 0 Å². The molecule has 7 atom stereocenters. The molecule has 0 aromatic heterocycles. The van der Waals surface area contributed by atoms with Gasteiger partial charge < -0.3 is 18.7 Å². The Bertz CT molecular complexity index is 1170. The standard InChI is InChI=1S/C38H68O4Si2/c1-16-27-18-20-30-29-19-17-28-23-38(40-25-32(39)26(2)3,42-44(14,15)35(7,8)9)24-33(41-43(12,13)34(4,5)6)37(28,11)31(29)21-22-36(27,30)10/h17-19,26,30-33,39H,16,20-25H2,1-15H3/t30-,31+,32-,33-,36+,37-,38+/m0/s1. The van der Waals surface area contributed by atoms with Crippen molar-refractivity contribution in [1.29, 1.82) is 0 Å². The normalized spacial score (nSPS) is 35.4. The molecule has 44 heavy (non-hydrogen) atoms. The van der Waals surface area contributed by atoms with Crippen LogP contribution in [0.5, 0.6) is 0 Å². The molecule has 6 heteroatoms. The molecule has 4 rings (SSSR count). The topological polar surface area (TPSA) is 47.9 Å². The number of ether oxygens (including phenoxy) is 1. The molecular weight excluding hydrogens is 577 g/mol. The van der Waals surface area contributed by atoms with Gasteiger partial charge in [-0.1, -0.05) is 111 Å². The Morgan fingerprint density at radius 2 is 1.57 bits per heavy atom. The molecule has 0 aromatic rings. The third-order valence-corrected chi connectivity index (χ3v) is 22.5. The quantitative estimate of drug-likeness (QED) is 0.154. The molecule has 0 radical (unpaired) electrons. The second-order valence-electron chi connectivity index (χ2n) is 18.7. The summed E-state index contributed by atoms with van der Waals surface area (Å²) in [5, 5.41) is 11.1. The molecule has 4 aliphatic rings. The molecule has 0 aromatic carbocycles. The van der Waals surface area contributed by atoms with Gasteiger partial charge in [0, 0.05) is 18.3 Å². The minimum Gasteiger partial charge on any atom is -0.413 e. The lowest BCUT2D eigenvalue weighted by molar-refractivity contribution is -0.241.